The van der Waals surface area contributed by atoms with Crippen LogP contribution in [0.25, 0.3) is 5.69 Å². The molecular formula is C13H10ClN5OS. The average Bonchev–Trinajstić information content (AvgIpc) is 3.12. The van der Waals surface area contributed by atoms with E-state index in [1.807, 2.05) is 29.0 Å². The van der Waals surface area contributed by atoms with Crippen molar-refractivity contribution in [1.29, 1.82) is 0 Å². The van der Waals surface area contributed by atoms with Gasteiger partial charge in [0.2, 0.25) is 5.91 Å². The zero-order valence-electron chi connectivity index (χ0n) is 10.7. The summed E-state index contributed by atoms with van der Waals surface area (Å²) in [6, 6.07) is 5.58. The number of carbonyl (C=O) groups excluding carboxylic acids is 1. The molecule has 1 saturated heterocycles. The zero-order valence-corrected chi connectivity index (χ0v) is 12.3. The van der Waals surface area contributed by atoms with Gasteiger partial charge in [0.15, 0.2) is 5.17 Å². The van der Waals surface area contributed by atoms with Crippen LogP contribution in [0.5, 0.6) is 0 Å². The number of thioether (sulfide) groups is 1. The normalized spacial score (nSPS) is 16.8. The van der Waals surface area contributed by atoms with Crippen molar-refractivity contribution in [3.63, 3.8) is 0 Å². The van der Waals surface area contributed by atoms with Gasteiger partial charge < -0.3 is 9.88 Å². The molecule has 0 spiro atoms. The molecule has 1 fully saturated rings. The van der Waals surface area contributed by atoms with Crippen LogP contribution >= 0.6 is 23.4 Å². The molecule has 3 rings (SSSR count). The summed E-state index contributed by atoms with van der Waals surface area (Å²) in [4.78, 5) is 15.0. The number of hydrogen-bond acceptors (Lipinski definition) is 5. The number of carbonyl (C=O) groups is 1. The van der Waals surface area contributed by atoms with Gasteiger partial charge in [-0.25, -0.2) is 4.98 Å². The molecule has 1 aromatic heterocycles. The van der Waals surface area contributed by atoms with Gasteiger partial charge in [-0.15, -0.1) is 5.10 Å². The van der Waals surface area contributed by atoms with Gasteiger partial charge in [0.05, 0.1) is 23.3 Å². The largest absolute Gasteiger partial charge is 0.306 e. The van der Waals surface area contributed by atoms with E-state index in [0.29, 0.717) is 15.9 Å². The van der Waals surface area contributed by atoms with Crippen LogP contribution in [-0.4, -0.2) is 32.6 Å². The molecule has 106 valence electrons. The highest BCUT2D eigenvalue weighted by atomic mass is 35.5. The van der Waals surface area contributed by atoms with Gasteiger partial charge in [0, 0.05) is 23.6 Å². The maximum atomic E-state index is 11.0. The van der Waals surface area contributed by atoms with E-state index in [2.05, 4.69) is 20.5 Å². The predicted octanol–water partition coefficient (Wildman–Crippen LogP) is 2.08. The van der Waals surface area contributed by atoms with E-state index in [-0.39, 0.29) is 5.91 Å². The molecule has 0 aliphatic carbocycles. The van der Waals surface area contributed by atoms with Gasteiger partial charge in [-0.05, 0) is 18.2 Å². The van der Waals surface area contributed by atoms with Crippen molar-refractivity contribution in [3.8, 4) is 5.69 Å². The summed E-state index contributed by atoms with van der Waals surface area (Å²) >= 11 is 7.54. The molecule has 0 radical (unpaired) electrons. The SMILES string of the molecule is O=C1CSC(=NN=Cc2ccc(-n3ccnc3)cc2Cl)N1. The van der Waals surface area contributed by atoms with Crippen molar-refractivity contribution in [2.45, 2.75) is 0 Å². The molecule has 1 aliphatic rings. The van der Waals surface area contributed by atoms with Crippen LogP contribution in [0.4, 0.5) is 0 Å². The smallest absolute Gasteiger partial charge is 0.236 e. The summed E-state index contributed by atoms with van der Waals surface area (Å²) in [7, 11) is 0. The summed E-state index contributed by atoms with van der Waals surface area (Å²) in [5, 5.41) is 11.5. The molecular weight excluding hydrogens is 310 g/mol. The molecule has 1 aliphatic heterocycles. The van der Waals surface area contributed by atoms with Crippen molar-refractivity contribution < 1.29 is 4.79 Å². The lowest BCUT2D eigenvalue weighted by molar-refractivity contribution is -0.116. The van der Waals surface area contributed by atoms with Gasteiger partial charge in [-0.2, -0.15) is 5.10 Å². The fourth-order valence-corrected chi connectivity index (χ4v) is 2.57. The Hall–Kier alpha value is -2.12. The van der Waals surface area contributed by atoms with Crippen molar-refractivity contribution in [2.24, 2.45) is 10.2 Å². The van der Waals surface area contributed by atoms with E-state index < -0.39 is 0 Å². The zero-order chi connectivity index (χ0) is 14.7. The van der Waals surface area contributed by atoms with E-state index >= 15 is 0 Å². The van der Waals surface area contributed by atoms with Crippen LogP contribution < -0.4 is 5.32 Å². The van der Waals surface area contributed by atoms with E-state index in [1.54, 1.807) is 18.7 Å². The first-order chi connectivity index (χ1) is 10.2. The minimum absolute atomic E-state index is 0.0586. The Bertz CT molecular complexity index is 726. The van der Waals surface area contributed by atoms with E-state index in [9.17, 15) is 4.79 Å². The van der Waals surface area contributed by atoms with Gasteiger partial charge in [-0.3, -0.25) is 4.79 Å². The summed E-state index contributed by atoms with van der Waals surface area (Å²) < 4.78 is 1.86. The number of halogens is 1. The number of aromatic nitrogens is 2. The fraction of sp³-hybridized carbons (Fsp3) is 0.0769. The number of nitrogens with one attached hydrogen (secondary N) is 1. The van der Waals surface area contributed by atoms with E-state index in [4.69, 9.17) is 11.6 Å². The highest BCUT2D eigenvalue weighted by Gasteiger charge is 2.15. The topological polar surface area (TPSA) is 71.6 Å². The molecule has 1 N–H and O–H groups in total. The van der Waals surface area contributed by atoms with Crippen LogP contribution in [0.2, 0.25) is 5.02 Å². The van der Waals surface area contributed by atoms with Gasteiger partial charge in [0.1, 0.15) is 0 Å². The molecule has 21 heavy (non-hydrogen) atoms. The molecule has 0 bridgehead atoms. The molecule has 0 unspecified atom stereocenters. The lowest BCUT2D eigenvalue weighted by Crippen LogP contribution is -2.19. The maximum Gasteiger partial charge on any atom is 0.236 e. The molecule has 1 amide bonds. The second-order valence-electron chi connectivity index (χ2n) is 4.16. The Morgan fingerprint density at radius 3 is 3.05 bits per heavy atom. The van der Waals surface area contributed by atoms with Crippen molar-refractivity contribution in [1.82, 2.24) is 14.9 Å². The quantitative estimate of drug-likeness (QED) is 0.695. The molecule has 1 aromatic carbocycles. The van der Waals surface area contributed by atoms with Crippen molar-refractivity contribution >= 4 is 40.7 Å². The van der Waals surface area contributed by atoms with Crippen LogP contribution in [0.15, 0.2) is 47.1 Å². The standard InChI is InChI=1S/C13H10ClN5OS/c14-11-5-10(19-4-3-15-8-19)2-1-9(11)6-16-18-13-17-12(20)7-21-13/h1-6,8H,7H2,(H,17,18,20). The highest BCUT2D eigenvalue weighted by molar-refractivity contribution is 8.15. The van der Waals surface area contributed by atoms with Crippen LogP contribution in [-0.2, 0) is 4.79 Å². The number of imidazole rings is 1. The summed E-state index contributed by atoms with van der Waals surface area (Å²) in [5.41, 5.74) is 1.67. The first kappa shape index (κ1) is 13.8. The fourth-order valence-electron chi connectivity index (χ4n) is 1.72. The summed E-state index contributed by atoms with van der Waals surface area (Å²) in [6.07, 6.45) is 6.79. The first-order valence-electron chi connectivity index (χ1n) is 6.04. The lowest BCUT2D eigenvalue weighted by atomic mass is 10.2. The van der Waals surface area contributed by atoms with E-state index in [1.165, 1.54) is 11.8 Å². The second kappa shape index (κ2) is 6.11. The van der Waals surface area contributed by atoms with Gasteiger partial charge in [0.25, 0.3) is 0 Å². The van der Waals surface area contributed by atoms with Crippen molar-refractivity contribution in [3.05, 3.63) is 47.5 Å². The Balaban J connectivity index is 1.76. The third-order valence-corrected chi connectivity index (χ3v) is 3.91. The number of nitrogens with zero attached hydrogens (tertiary/aromatic N) is 4. The van der Waals surface area contributed by atoms with Crippen LogP contribution in [0.1, 0.15) is 5.56 Å². The minimum Gasteiger partial charge on any atom is -0.306 e. The minimum atomic E-state index is -0.0586. The molecule has 0 saturated carbocycles. The monoisotopic (exact) mass is 319 g/mol. The molecule has 2 heterocycles. The third kappa shape index (κ3) is 3.32. The molecule has 2 aromatic rings. The van der Waals surface area contributed by atoms with Gasteiger partial charge in [-0.1, -0.05) is 23.4 Å². The third-order valence-electron chi connectivity index (χ3n) is 2.72. The molecule has 8 heteroatoms. The highest BCUT2D eigenvalue weighted by Crippen LogP contribution is 2.19. The first-order valence-corrected chi connectivity index (χ1v) is 7.40. The lowest BCUT2D eigenvalue weighted by Gasteiger charge is -2.04. The Kier molecular flexibility index (Phi) is 4.03. The van der Waals surface area contributed by atoms with Crippen LogP contribution in [0.3, 0.4) is 0 Å². The number of benzene rings is 1. The van der Waals surface area contributed by atoms with Crippen molar-refractivity contribution in [2.75, 3.05) is 5.75 Å². The molecule has 0 atom stereocenters. The Morgan fingerprint density at radius 1 is 1.48 bits per heavy atom. The summed E-state index contributed by atoms with van der Waals surface area (Å²) in [5.74, 6) is 0.325. The number of amidine groups is 1. The molecule has 6 nitrogen and oxygen atoms in total. The van der Waals surface area contributed by atoms with Gasteiger partial charge >= 0.3 is 0 Å². The predicted molar refractivity (Wildman–Crippen MR) is 84.2 cm³/mol. The maximum absolute atomic E-state index is 11.0. The Morgan fingerprint density at radius 2 is 2.38 bits per heavy atom. The van der Waals surface area contributed by atoms with Crippen LogP contribution in [0, 0.1) is 0 Å². The number of hydrogen-bond donors (Lipinski definition) is 1. The average molecular weight is 320 g/mol. The van der Waals surface area contributed by atoms with E-state index in [0.717, 1.165) is 11.3 Å². The second-order valence-corrected chi connectivity index (χ2v) is 5.53. The number of rotatable bonds is 3. The number of amides is 1. The summed E-state index contributed by atoms with van der Waals surface area (Å²) in [6.45, 7) is 0. The Labute approximate surface area is 129 Å².